The molecule has 6 aromatic rings. The molecule has 5 aromatic carbocycles. The second-order valence-corrected chi connectivity index (χ2v) is 22.6. The van der Waals surface area contributed by atoms with Crippen molar-refractivity contribution >= 4 is 77.5 Å². The number of carbonyl (C=O) groups is 3. The molecular formula is C44H40BrClN3O4P. The van der Waals surface area contributed by atoms with Crippen molar-refractivity contribution in [1.82, 2.24) is 4.98 Å². The van der Waals surface area contributed by atoms with Gasteiger partial charge < -0.3 is 0 Å². The van der Waals surface area contributed by atoms with Gasteiger partial charge in [0.25, 0.3) is 0 Å². The van der Waals surface area contributed by atoms with Crippen LogP contribution in [0.1, 0.15) is 35.8 Å². The molecule has 0 saturated carbocycles. The number of ether oxygens (including phenoxy) is 1. The van der Waals surface area contributed by atoms with Crippen LogP contribution in [0.2, 0.25) is 5.02 Å². The van der Waals surface area contributed by atoms with Gasteiger partial charge >= 0.3 is 273 Å². The van der Waals surface area contributed by atoms with Gasteiger partial charge in [-0.1, -0.05) is 11.6 Å². The van der Waals surface area contributed by atoms with Crippen molar-refractivity contribution in [1.29, 1.82) is 0 Å². The fourth-order valence-corrected chi connectivity index (χ4v) is 14.6. The number of hydrogen-bond acceptors (Lipinski definition) is 5. The number of ketones is 1. The summed E-state index contributed by atoms with van der Waals surface area (Å²) in [5.41, 5.74) is 2.99. The molecule has 0 saturated heterocycles. The minimum absolute atomic E-state index is 0.168. The molecule has 2 amide bonds. The molecule has 1 aromatic heterocycles. The average Bonchev–Trinajstić information content (AvgIpc) is 3.22. The summed E-state index contributed by atoms with van der Waals surface area (Å²) < 4.78 is 4.81. The Morgan fingerprint density at radius 1 is 0.759 bits per heavy atom. The number of nitrogens with zero attached hydrogens (tertiary/aromatic N) is 1. The van der Waals surface area contributed by atoms with Crippen LogP contribution in [-0.2, 0) is 9.53 Å². The second kappa shape index (κ2) is 16.9. The van der Waals surface area contributed by atoms with Crippen molar-refractivity contribution in [3.63, 3.8) is 0 Å². The van der Waals surface area contributed by atoms with Crippen LogP contribution in [0.5, 0.6) is 0 Å². The number of benzene rings is 5. The Labute approximate surface area is 328 Å². The predicted molar refractivity (Wildman–Crippen MR) is 227 cm³/mol. The van der Waals surface area contributed by atoms with Crippen LogP contribution < -0.4 is 26.5 Å². The molecule has 0 aliphatic rings. The quantitative estimate of drug-likeness (QED) is 0.0894. The summed E-state index contributed by atoms with van der Waals surface area (Å²) in [5.74, 6) is -0.789. The van der Waals surface area contributed by atoms with E-state index < -0.39 is 11.4 Å². The summed E-state index contributed by atoms with van der Waals surface area (Å²) in [6.45, 7) is 1.93. The Kier molecular flexibility index (Phi) is 12.1. The topological polar surface area (TPSA) is 97.4 Å². The van der Waals surface area contributed by atoms with Gasteiger partial charge in [0.15, 0.2) is 0 Å². The summed E-state index contributed by atoms with van der Waals surface area (Å²) >= 11 is 10.5. The van der Waals surface area contributed by atoms with E-state index in [-0.39, 0.29) is 23.3 Å². The van der Waals surface area contributed by atoms with Gasteiger partial charge in [-0.25, -0.2) is 0 Å². The fourth-order valence-electron chi connectivity index (χ4n) is 6.76. The molecule has 10 heteroatoms. The average molecular weight is 821 g/mol. The molecule has 6 rings (SSSR count). The van der Waals surface area contributed by atoms with E-state index in [2.05, 4.69) is 104 Å². The molecule has 0 bridgehead atoms. The number of carbonyl (C=O) groups excluding carboxylic acids is 3. The number of rotatable bonds is 13. The standard InChI is InChI=1S/C44H40BrClN3O4P/c1-31(14-13-27-54(45,36-17-6-3-7-18-36,37-19-8-4-9-20-37)38-21-10-5-11-22-38)43(51)49-41-29-35(48-44(52)53-2)24-25-39(41)32-15-12-16-33(28-32)42(50)40-26-23-34(46)30-47-40/h3-12,15-26,28-31H,13-14,27H2,1-2H3,(H,48,52)(H,49,51). The SMILES string of the molecule is COC(=O)Nc1ccc(-c2cccc(C(=O)c3ccc(Cl)cn3)c2)c(NC(=O)C(C)CCCP(Br)(c2ccccc2)(c2ccccc2)c2ccccc2)c1. The first kappa shape index (κ1) is 38.6. The Bertz CT molecular complexity index is 2160. The zero-order chi connectivity index (χ0) is 38.2. The second-order valence-electron chi connectivity index (χ2n) is 13.1. The first-order valence-electron chi connectivity index (χ1n) is 17.6. The van der Waals surface area contributed by atoms with Crippen LogP contribution in [0.3, 0.4) is 0 Å². The Morgan fingerprint density at radius 2 is 1.37 bits per heavy atom. The van der Waals surface area contributed by atoms with E-state index in [4.69, 9.17) is 16.3 Å². The van der Waals surface area contributed by atoms with Crippen LogP contribution >= 0.6 is 32.4 Å². The van der Waals surface area contributed by atoms with E-state index in [1.54, 1.807) is 48.5 Å². The third-order valence-corrected chi connectivity index (χ3v) is 19.9. The van der Waals surface area contributed by atoms with Gasteiger partial charge in [-0.15, -0.1) is 0 Å². The minimum atomic E-state index is -3.15. The van der Waals surface area contributed by atoms with Gasteiger partial charge in [0.2, 0.25) is 0 Å². The van der Waals surface area contributed by atoms with E-state index >= 15 is 0 Å². The molecule has 2 N–H and O–H groups in total. The molecule has 1 unspecified atom stereocenters. The number of anilines is 2. The van der Waals surface area contributed by atoms with E-state index in [1.165, 1.54) is 29.2 Å². The molecule has 0 radical (unpaired) electrons. The molecule has 274 valence electrons. The van der Waals surface area contributed by atoms with E-state index in [9.17, 15) is 14.4 Å². The van der Waals surface area contributed by atoms with Gasteiger partial charge in [0.1, 0.15) is 5.69 Å². The van der Waals surface area contributed by atoms with Gasteiger partial charge in [0.05, 0.1) is 12.1 Å². The van der Waals surface area contributed by atoms with Gasteiger partial charge in [0, 0.05) is 6.20 Å². The molecule has 1 heterocycles. The summed E-state index contributed by atoms with van der Waals surface area (Å²) in [7, 11) is 1.29. The Balaban J connectivity index is 1.28. The fraction of sp³-hybridized carbons (Fsp3) is 0.136. The number of methoxy groups -OCH3 is 1. The number of nitrogens with one attached hydrogen (secondary N) is 2. The zero-order valence-electron chi connectivity index (χ0n) is 29.9. The molecule has 54 heavy (non-hydrogen) atoms. The third kappa shape index (κ3) is 8.17. The molecule has 0 aliphatic heterocycles. The van der Waals surface area contributed by atoms with Crippen LogP contribution in [0.25, 0.3) is 11.1 Å². The monoisotopic (exact) mass is 819 g/mol. The predicted octanol–water partition coefficient (Wildman–Crippen LogP) is 10.0. The summed E-state index contributed by atoms with van der Waals surface area (Å²) in [5, 5.41) is 6.78. The van der Waals surface area contributed by atoms with Crippen molar-refractivity contribution < 1.29 is 19.1 Å². The first-order valence-corrected chi connectivity index (χ1v) is 22.4. The van der Waals surface area contributed by atoms with Gasteiger partial charge in [-0.3, -0.25) is 9.78 Å². The number of pyridine rings is 1. The summed E-state index contributed by atoms with van der Waals surface area (Å²) in [6, 6.07) is 47.4. The normalized spacial score (nSPS) is 12.5. The van der Waals surface area contributed by atoms with Gasteiger partial charge in [-0.2, -0.15) is 0 Å². The van der Waals surface area contributed by atoms with Crippen molar-refractivity contribution in [2.24, 2.45) is 5.92 Å². The zero-order valence-corrected chi connectivity index (χ0v) is 33.2. The molecule has 7 nitrogen and oxygen atoms in total. The summed E-state index contributed by atoms with van der Waals surface area (Å²) in [6.07, 6.45) is 2.98. The summed E-state index contributed by atoms with van der Waals surface area (Å²) in [4.78, 5) is 43.6. The van der Waals surface area contributed by atoms with Gasteiger partial charge in [-0.05, 0) is 12.1 Å². The molecule has 1 atom stereocenters. The first-order chi connectivity index (χ1) is 26.1. The van der Waals surface area contributed by atoms with Crippen molar-refractivity contribution in [2.45, 2.75) is 19.8 Å². The number of amides is 2. The maximum atomic E-state index is 14.0. The van der Waals surface area contributed by atoms with E-state index in [0.717, 1.165) is 12.6 Å². The molecule has 0 aliphatic carbocycles. The van der Waals surface area contributed by atoms with Crippen molar-refractivity contribution in [3.8, 4) is 11.1 Å². The number of aromatic nitrogens is 1. The third-order valence-electron chi connectivity index (χ3n) is 9.65. The molecular weight excluding hydrogens is 781 g/mol. The van der Waals surface area contributed by atoms with Crippen LogP contribution in [0.4, 0.5) is 16.2 Å². The van der Waals surface area contributed by atoms with Crippen LogP contribution in [-0.4, -0.2) is 36.0 Å². The number of halogens is 2. The van der Waals surface area contributed by atoms with Crippen LogP contribution in [0.15, 0.2) is 152 Å². The van der Waals surface area contributed by atoms with E-state index in [0.29, 0.717) is 39.5 Å². The molecule has 0 spiro atoms. The van der Waals surface area contributed by atoms with E-state index in [1.807, 2.05) is 31.2 Å². The Morgan fingerprint density at radius 3 is 1.93 bits per heavy atom. The van der Waals surface area contributed by atoms with Crippen LogP contribution in [0, 0.1) is 5.92 Å². The van der Waals surface area contributed by atoms with Crippen molar-refractivity contribution in [3.05, 3.63) is 168 Å². The van der Waals surface area contributed by atoms with Crippen molar-refractivity contribution in [2.75, 3.05) is 23.9 Å². The molecule has 0 fully saturated rings. The number of hydrogen-bond donors (Lipinski definition) is 2. The maximum absolute atomic E-state index is 14.0. The Hall–Kier alpha value is -5.14.